The molecule has 1 rings (SSSR count). The summed E-state index contributed by atoms with van der Waals surface area (Å²) in [7, 11) is 0. The fourth-order valence-corrected chi connectivity index (χ4v) is 1.72. The van der Waals surface area contributed by atoms with Gasteiger partial charge in [-0.2, -0.15) is 0 Å². The summed E-state index contributed by atoms with van der Waals surface area (Å²) in [5.74, 6) is 0. The van der Waals surface area contributed by atoms with Crippen LogP contribution in [0.25, 0.3) is 0 Å². The zero-order chi connectivity index (χ0) is 6.53. The van der Waals surface area contributed by atoms with Crippen molar-refractivity contribution in [3.8, 4) is 0 Å². The van der Waals surface area contributed by atoms with Crippen molar-refractivity contribution in [2.45, 2.75) is 38.5 Å². The van der Waals surface area contributed by atoms with Crippen LogP contribution in [-0.4, -0.2) is 4.86 Å². The normalized spacial score (nSPS) is 21.1. The molecule has 9 heavy (non-hydrogen) atoms. The standard InChI is InChI=1S/C7H13NS/c8-9-7-5-3-1-2-4-6-7/h8H,1-6H2. The van der Waals surface area contributed by atoms with Gasteiger partial charge in [0.05, 0.1) is 0 Å². The van der Waals surface area contributed by atoms with Crippen molar-refractivity contribution in [2.75, 3.05) is 0 Å². The van der Waals surface area contributed by atoms with E-state index < -0.39 is 0 Å². The summed E-state index contributed by atoms with van der Waals surface area (Å²) in [4.78, 5) is 1.40. The van der Waals surface area contributed by atoms with E-state index in [1.807, 2.05) is 0 Å². The summed E-state index contributed by atoms with van der Waals surface area (Å²) < 4.78 is 7.07. The number of rotatable bonds is 0. The third kappa shape index (κ3) is 2.31. The molecular formula is C7H13NS. The van der Waals surface area contributed by atoms with E-state index in [9.17, 15) is 0 Å². The average molecular weight is 143 g/mol. The molecule has 1 aliphatic rings. The zero-order valence-electron chi connectivity index (χ0n) is 5.65. The van der Waals surface area contributed by atoms with E-state index in [4.69, 9.17) is 4.78 Å². The van der Waals surface area contributed by atoms with Gasteiger partial charge in [0.1, 0.15) is 0 Å². The molecule has 0 amide bonds. The topological polar surface area (TPSA) is 23.9 Å². The molecule has 1 nitrogen and oxygen atoms in total. The first kappa shape index (κ1) is 7.00. The Kier molecular flexibility index (Phi) is 2.98. The van der Waals surface area contributed by atoms with E-state index in [0.29, 0.717) is 0 Å². The third-order valence-corrected chi connectivity index (χ3v) is 2.50. The second kappa shape index (κ2) is 3.83. The number of hydrogen-bond acceptors (Lipinski definition) is 1. The van der Waals surface area contributed by atoms with Gasteiger partial charge in [0.2, 0.25) is 0 Å². The van der Waals surface area contributed by atoms with Crippen LogP contribution in [0.3, 0.4) is 0 Å². The molecule has 0 aliphatic heterocycles. The van der Waals surface area contributed by atoms with Crippen LogP contribution in [-0.2, 0) is 11.1 Å². The maximum atomic E-state index is 7.07. The largest absolute Gasteiger partial charge is 0.246 e. The molecule has 0 saturated heterocycles. The highest BCUT2D eigenvalue weighted by Gasteiger charge is 2.02. The summed E-state index contributed by atoms with van der Waals surface area (Å²) in [6.45, 7) is 0. The Hall–Kier alpha value is -0.110. The molecule has 0 radical (unpaired) electrons. The Morgan fingerprint density at radius 1 is 1.00 bits per heavy atom. The van der Waals surface area contributed by atoms with E-state index in [-0.39, 0.29) is 0 Å². The monoisotopic (exact) mass is 143 g/mol. The zero-order valence-corrected chi connectivity index (χ0v) is 6.47. The Morgan fingerprint density at radius 3 is 2.00 bits per heavy atom. The van der Waals surface area contributed by atoms with Crippen LogP contribution in [0.4, 0.5) is 0 Å². The van der Waals surface area contributed by atoms with Gasteiger partial charge >= 0.3 is 0 Å². The minimum atomic E-state index is 1.20. The molecule has 1 saturated carbocycles. The Morgan fingerprint density at radius 2 is 1.56 bits per heavy atom. The quantitative estimate of drug-likeness (QED) is 0.397. The van der Waals surface area contributed by atoms with Crippen LogP contribution < -0.4 is 0 Å². The van der Waals surface area contributed by atoms with Gasteiger partial charge < -0.3 is 0 Å². The smallest absolute Gasteiger partial charge is 0.000658 e. The minimum absolute atomic E-state index is 1.20. The van der Waals surface area contributed by atoms with Crippen molar-refractivity contribution >= 4 is 16.0 Å². The molecule has 0 atom stereocenters. The van der Waals surface area contributed by atoms with Gasteiger partial charge in [0, 0.05) is 4.86 Å². The maximum absolute atomic E-state index is 7.07. The average Bonchev–Trinajstić information content (AvgIpc) is 2.13. The first-order valence-corrected chi connectivity index (χ1v) is 4.43. The Balaban J connectivity index is 2.45. The van der Waals surface area contributed by atoms with Gasteiger partial charge in [0.25, 0.3) is 0 Å². The molecule has 0 heterocycles. The fourth-order valence-electron chi connectivity index (χ4n) is 1.22. The molecule has 1 aliphatic carbocycles. The van der Waals surface area contributed by atoms with Gasteiger partial charge in [-0.05, 0) is 25.7 Å². The lowest BCUT2D eigenvalue weighted by Gasteiger charge is -1.92. The van der Waals surface area contributed by atoms with Crippen LogP contribution in [0, 0.1) is 4.78 Å². The molecule has 0 aromatic carbocycles. The Bertz CT molecular complexity index is 126. The highest BCUT2D eigenvalue weighted by molar-refractivity contribution is 7.67. The molecule has 0 spiro atoms. The van der Waals surface area contributed by atoms with Crippen LogP contribution in [0.15, 0.2) is 0 Å². The predicted molar refractivity (Wildman–Crippen MR) is 42.8 cm³/mol. The third-order valence-electron chi connectivity index (χ3n) is 1.81. The van der Waals surface area contributed by atoms with Crippen LogP contribution >= 0.6 is 0 Å². The van der Waals surface area contributed by atoms with Crippen molar-refractivity contribution < 1.29 is 0 Å². The van der Waals surface area contributed by atoms with Crippen molar-refractivity contribution in [3.05, 3.63) is 0 Å². The molecule has 2 heteroatoms. The summed E-state index contributed by atoms with van der Waals surface area (Å²) in [6, 6.07) is 0. The van der Waals surface area contributed by atoms with Crippen molar-refractivity contribution in [1.29, 1.82) is 4.78 Å². The lowest BCUT2D eigenvalue weighted by molar-refractivity contribution is 0.702. The van der Waals surface area contributed by atoms with Crippen LogP contribution in [0.5, 0.6) is 0 Å². The van der Waals surface area contributed by atoms with E-state index in [1.54, 1.807) is 0 Å². The van der Waals surface area contributed by atoms with Gasteiger partial charge in [0.15, 0.2) is 0 Å². The summed E-state index contributed by atoms with van der Waals surface area (Å²) in [6.07, 6.45) is 7.80. The first-order valence-electron chi connectivity index (χ1n) is 3.62. The molecule has 52 valence electrons. The SMILES string of the molecule is N=S=C1CCCCCC1. The molecule has 0 bridgehead atoms. The first-order chi connectivity index (χ1) is 4.43. The van der Waals surface area contributed by atoms with Gasteiger partial charge in [-0.1, -0.05) is 24.0 Å². The van der Waals surface area contributed by atoms with Crippen molar-refractivity contribution in [3.63, 3.8) is 0 Å². The second-order valence-electron chi connectivity index (χ2n) is 2.55. The molecule has 1 N–H and O–H groups in total. The van der Waals surface area contributed by atoms with E-state index in [1.165, 1.54) is 54.5 Å². The molecule has 0 unspecified atom stereocenters. The van der Waals surface area contributed by atoms with Crippen LogP contribution in [0.1, 0.15) is 38.5 Å². The lowest BCUT2D eigenvalue weighted by Crippen LogP contribution is -1.92. The second-order valence-corrected chi connectivity index (χ2v) is 3.34. The molecule has 0 aromatic rings. The molecule has 1 fully saturated rings. The fraction of sp³-hybridized carbons (Fsp3) is 0.857. The van der Waals surface area contributed by atoms with Crippen LogP contribution in [0.2, 0.25) is 0 Å². The maximum Gasteiger partial charge on any atom is 0.000658 e. The lowest BCUT2D eigenvalue weighted by atomic mass is 10.2. The van der Waals surface area contributed by atoms with E-state index in [0.717, 1.165) is 0 Å². The van der Waals surface area contributed by atoms with E-state index >= 15 is 0 Å². The van der Waals surface area contributed by atoms with Crippen molar-refractivity contribution in [1.82, 2.24) is 0 Å². The van der Waals surface area contributed by atoms with E-state index in [2.05, 4.69) is 0 Å². The Labute approximate surface area is 60.0 Å². The minimum Gasteiger partial charge on any atom is -0.246 e. The highest BCUT2D eigenvalue weighted by Crippen LogP contribution is 2.13. The molecule has 0 aromatic heterocycles. The van der Waals surface area contributed by atoms with Gasteiger partial charge in [-0.15, -0.1) is 0 Å². The highest BCUT2D eigenvalue weighted by atomic mass is 32.1. The predicted octanol–water partition coefficient (Wildman–Crippen LogP) is 2.36. The number of hydrogen-bond donors (Lipinski definition) is 1. The van der Waals surface area contributed by atoms with Gasteiger partial charge in [-0.25, -0.2) is 4.78 Å². The van der Waals surface area contributed by atoms with Crippen molar-refractivity contribution in [2.24, 2.45) is 0 Å². The number of nitrogens with one attached hydrogen (secondary N) is 1. The molecular weight excluding hydrogens is 130 g/mol. The summed E-state index contributed by atoms with van der Waals surface area (Å²) in [5, 5.41) is 0. The summed E-state index contributed by atoms with van der Waals surface area (Å²) in [5.41, 5.74) is 0. The van der Waals surface area contributed by atoms with Gasteiger partial charge in [-0.3, -0.25) is 0 Å². The summed E-state index contributed by atoms with van der Waals surface area (Å²) >= 11 is 1.23.